The lowest BCUT2D eigenvalue weighted by atomic mass is 10.1. The third-order valence-corrected chi connectivity index (χ3v) is 3.09. The van der Waals surface area contributed by atoms with Crippen LogP contribution >= 0.6 is 0 Å². The molecule has 0 aliphatic heterocycles. The highest BCUT2D eigenvalue weighted by molar-refractivity contribution is 5.75. The lowest BCUT2D eigenvalue weighted by Gasteiger charge is -2.16. The van der Waals surface area contributed by atoms with Gasteiger partial charge in [0, 0.05) is 19.6 Å². The van der Waals surface area contributed by atoms with Crippen LogP contribution in [0.2, 0.25) is 0 Å². The highest BCUT2D eigenvalue weighted by atomic mass is 16.5. The zero-order valence-electron chi connectivity index (χ0n) is 12.6. The molecule has 0 aromatic rings. The molecule has 0 saturated heterocycles. The normalized spacial score (nSPS) is 12.4. The van der Waals surface area contributed by atoms with Crippen LogP contribution in [0.4, 0.5) is 0 Å². The summed E-state index contributed by atoms with van der Waals surface area (Å²) in [7, 11) is 0. The fraction of sp³-hybridized carbons (Fsp3) is 0.933. The van der Waals surface area contributed by atoms with Gasteiger partial charge in [-0.1, -0.05) is 46.0 Å². The second kappa shape index (κ2) is 13.8. The van der Waals surface area contributed by atoms with Crippen molar-refractivity contribution in [1.82, 2.24) is 5.32 Å². The average molecular weight is 273 g/mol. The minimum absolute atomic E-state index is 0.0412. The summed E-state index contributed by atoms with van der Waals surface area (Å²) in [6, 6.07) is 0. The zero-order chi connectivity index (χ0) is 14.3. The van der Waals surface area contributed by atoms with Crippen molar-refractivity contribution in [2.75, 3.05) is 19.8 Å². The molecule has 0 aliphatic rings. The predicted octanol–water partition coefficient (Wildman–Crippen LogP) is 2.64. The molecule has 0 aromatic carbocycles. The summed E-state index contributed by atoms with van der Waals surface area (Å²) in [5.41, 5.74) is 0. The van der Waals surface area contributed by atoms with Gasteiger partial charge in [0.15, 0.2) is 0 Å². The molecular formula is C15H31NO3. The van der Waals surface area contributed by atoms with Crippen molar-refractivity contribution in [3.05, 3.63) is 0 Å². The van der Waals surface area contributed by atoms with E-state index >= 15 is 0 Å². The van der Waals surface area contributed by atoms with Crippen LogP contribution < -0.4 is 5.32 Å². The molecule has 1 amide bonds. The Morgan fingerprint density at radius 2 is 1.79 bits per heavy atom. The van der Waals surface area contributed by atoms with E-state index in [2.05, 4.69) is 19.2 Å². The first-order chi connectivity index (χ1) is 9.24. The lowest BCUT2D eigenvalue weighted by Crippen LogP contribution is -2.35. The van der Waals surface area contributed by atoms with E-state index in [0.29, 0.717) is 19.6 Å². The van der Waals surface area contributed by atoms with Crippen molar-refractivity contribution in [3.63, 3.8) is 0 Å². The second-order valence-corrected chi connectivity index (χ2v) is 5.00. The first-order valence-corrected chi connectivity index (χ1v) is 7.73. The molecule has 0 bridgehead atoms. The minimum atomic E-state index is -0.268. The standard InChI is InChI=1S/C15H31NO3/c1-3-5-7-8-9-10-15(18)16-12-14(13-17)19-11-6-4-2/h14,17H,3-13H2,1-2H3,(H,16,18)/t14-/m1/s1. The van der Waals surface area contributed by atoms with Crippen molar-refractivity contribution in [3.8, 4) is 0 Å². The molecule has 0 spiro atoms. The fourth-order valence-corrected chi connectivity index (χ4v) is 1.78. The molecule has 1 atom stereocenters. The predicted molar refractivity (Wildman–Crippen MR) is 78.1 cm³/mol. The van der Waals surface area contributed by atoms with E-state index in [4.69, 9.17) is 9.84 Å². The Balaban J connectivity index is 3.51. The quantitative estimate of drug-likeness (QED) is 0.507. The molecule has 0 saturated carbocycles. The third-order valence-electron chi connectivity index (χ3n) is 3.09. The highest BCUT2D eigenvalue weighted by Gasteiger charge is 2.09. The van der Waals surface area contributed by atoms with Crippen LogP contribution in [0.1, 0.15) is 65.2 Å². The molecule has 2 N–H and O–H groups in total. The fourth-order valence-electron chi connectivity index (χ4n) is 1.78. The van der Waals surface area contributed by atoms with Crippen molar-refractivity contribution in [2.24, 2.45) is 0 Å². The molecule has 4 nitrogen and oxygen atoms in total. The van der Waals surface area contributed by atoms with E-state index in [-0.39, 0.29) is 18.6 Å². The van der Waals surface area contributed by atoms with Gasteiger partial charge in [-0.2, -0.15) is 0 Å². The topological polar surface area (TPSA) is 58.6 Å². The van der Waals surface area contributed by atoms with Gasteiger partial charge in [-0.05, 0) is 12.8 Å². The molecule has 0 unspecified atom stereocenters. The van der Waals surface area contributed by atoms with E-state index in [1.54, 1.807) is 0 Å². The van der Waals surface area contributed by atoms with E-state index in [1.807, 2.05) is 0 Å². The van der Waals surface area contributed by atoms with Crippen LogP contribution in [-0.4, -0.2) is 36.9 Å². The van der Waals surface area contributed by atoms with Crippen molar-refractivity contribution in [1.29, 1.82) is 0 Å². The Hall–Kier alpha value is -0.610. The maximum atomic E-state index is 11.6. The Morgan fingerprint density at radius 1 is 1.11 bits per heavy atom. The monoisotopic (exact) mass is 273 g/mol. The summed E-state index contributed by atoms with van der Waals surface area (Å²) in [4.78, 5) is 11.6. The van der Waals surface area contributed by atoms with E-state index in [9.17, 15) is 4.79 Å². The molecule has 0 aromatic heterocycles. The first kappa shape index (κ1) is 18.4. The van der Waals surface area contributed by atoms with Gasteiger partial charge < -0.3 is 15.2 Å². The summed E-state index contributed by atoms with van der Waals surface area (Å²) in [6.07, 6.45) is 8.13. The smallest absolute Gasteiger partial charge is 0.220 e. The molecule has 0 heterocycles. The van der Waals surface area contributed by atoms with Crippen LogP contribution in [0.5, 0.6) is 0 Å². The third kappa shape index (κ3) is 12.2. The number of amides is 1. The second-order valence-electron chi connectivity index (χ2n) is 5.00. The van der Waals surface area contributed by atoms with Crippen LogP contribution in [-0.2, 0) is 9.53 Å². The van der Waals surface area contributed by atoms with Gasteiger partial charge in [0.2, 0.25) is 5.91 Å². The molecule has 0 aliphatic carbocycles. The molecule has 0 fully saturated rings. The van der Waals surface area contributed by atoms with Gasteiger partial charge in [0.25, 0.3) is 0 Å². The number of nitrogens with one attached hydrogen (secondary N) is 1. The highest BCUT2D eigenvalue weighted by Crippen LogP contribution is 2.04. The number of carbonyl (C=O) groups is 1. The molecule has 19 heavy (non-hydrogen) atoms. The van der Waals surface area contributed by atoms with Gasteiger partial charge in [0.05, 0.1) is 12.7 Å². The lowest BCUT2D eigenvalue weighted by molar-refractivity contribution is -0.122. The number of ether oxygens (including phenoxy) is 1. The average Bonchev–Trinajstić information content (AvgIpc) is 2.42. The number of hydrogen-bond donors (Lipinski definition) is 2. The van der Waals surface area contributed by atoms with Crippen LogP contribution in [0.3, 0.4) is 0 Å². The van der Waals surface area contributed by atoms with E-state index < -0.39 is 0 Å². The summed E-state index contributed by atoms with van der Waals surface area (Å²) < 4.78 is 5.47. The molecule has 4 heteroatoms. The zero-order valence-corrected chi connectivity index (χ0v) is 12.6. The summed E-state index contributed by atoms with van der Waals surface area (Å²) in [5.74, 6) is 0.0639. The first-order valence-electron chi connectivity index (χ1n) is 7.73. The van der Waals surface area contributed by atoms with Crippen LogP contribution in [0, 0.1) is 0 Å². The molecular weight excluding hydrogens is 242 g/mol. The SMILES string of the molecule is CCCCCCCC(=O)NC[C@H](CO)OCCCC. The number of rotatable bonds is 13. The number of aliphatic hydroxyl groups is 1. The van der Waals surface area contributed by atoms with Gasteiger partial charge in [0.1, 0.15) is 0 Å². The van der Waals surface area contributed by atoms with Gasteiger partial charge >= 0.3 is 0 Å². The minimum Gasteiger partial charge on any atom is -0.394 e. The van der Waals surface area contributed by atoms with Crippen molar-refractivity contribution in [2.45, 2.75) is 71.3 Å². The maximum Gasteiger partial charge on any atom is 0.220 e. The number of carbonyl (C=O) groups excluding carboxylic acids is 1. The maximum absolute atomic E-state index is 11.6. The molecule has 0 radical (unpaired) electrons. The van der Waals surface area contributed by atoms with Gasteiger partial charge in [-0.3, -0.25) is 4.79 Å². The Labute approximate surface area is 117 Å². The summed E-state index contributed by atoms with van der Waals surface area (Å²) >= 11 is 0. The Bertz CT molecular complexity index is 210. The Morgan fingerprint density at radius 3 is 2.42 bits per heavy atom. The number of hydrogen-bond acceptors (Lipinski definition) is 3. The number of unbranched alkanes of at least 4 members (excludes halogenated alkanes) is 5. The van der Waals surface area contributed by atoms with E-state index in [1.165, 1.54) is 19.3 Å². The van der Waals surface area contributed by atoms with Crippen LogP contribution in [0.25, 0.3) is 0 Å². The van der Waals surface area contributed by atoms with Crippen molar-refractivity contribution >= 4 is 5.91 Å². The van der Waals surface area contributed by atoms with Crippen molar-refractivity contribution < 1.29 is 14.6 Å². The Kier molecular flexibility index (Phi) is 13.4. The van der Waals surface area contributed by atoms with Gasteiger partial charge in [-0.25, -0.2) is 0 Å². The number of aliphatic hydroxyl groups excluding tert-OH is 1. The van der Waals surface area contributed by atoms with Gasteiger partial charge in [-0.15, -0.1) is 0 Å². The van der Waals surface area contributed by atoms with Crippen LogP contribution in [0.15, 0.2) is 0 Å². The molecule has 114 valence electrons. The summed E-state index contributed by atoms with van der Waals surface area (Å²) in [6.45, 7) is 5.29. The summed E-state index contributed by atoms with van der Waals surface area (Å²) in [5, 5.41) is 12.0. The molecule has 0 rings (SSSR count). The largest absolute Gasteiger partial charge is 0.394 e. The van der Waals surface area contributed by atoms with E-state index in [0.717, 1.165) is 25.7 Å².